The maximum absolute atomic E-state index is 2.24. The van der Waals surface area contributed by atoms with E-state index >= 15 is 0 Å². The molecule has 3 radical (unpaired) electrons. The van der Waals surface area contributed by atoms with Crippen LogP contribution in [0, 0.1) is 13.8 Å². The third-order valence-corrected chi connectivity index (χ3v) is 2.27. The molecule has 0 aromatic heterocycles. The quantitative estimate of drug-likeness (QED) is 0.479. The van der Waals surface area contributed by atoms with E-state index in [2.05, 4.69) is 45.9 Å². The van der Waals surface area contributed by atoms with Crippen molar-refractivity contribution in [2.75, 3.05) is 0 Å². The average Bonchev–Trinajstić information content (AvgIpc) is 2.50. The molecule has 0 amide bonds. The molecule has 0 saturated carbocycles. The highest BCUT2D eigenvalue weighted by Crippen LogP contribution is 2.20. The summed E-state index contributed by atoms with van der Waals surface area (Å²) in [5.74, 6) is 0.648. The molecule has 0 aliphatic heterocycles. The van der Waals surface area contributed by atoms with E-state index in [-0.39, 0.29) is 8.41 Å². The molecule has 0 heterocycles. The van der Waals surface area contributed by atoms with Crippen molar-refractivity contribution < 1.29 is 0 Å². The molecule has 1 aromatic carbocycles. The van der Waals surface area contributed by atoms with Gasteiger partial charge in [0.2, 0.25) is 0 Å². The Labute approximate surface area is 133 Å². The molecule has 0 unspecified atom stereocenters. The van der Waals surface area contributed by atoms with Crippen LogP contribution in [0.5, 0.6) is 0 Å². The molecule has 0 spiro atoms. The van der Waals surface area contributed by atoms with E-state index in [1.807, 2.05) is 55.4 Å². The minimum atomic E-state index is 0. The minimum Gasteiger partial charge on any atom is -0.0683 e. The van der Waals surface area contributed by atoms with Crippen LogP contribution in [-0.4, -0.2) is 8.41 Å². The van der Waals surface area contributed by atoms with Gasteiger partial charge in [-0.1, -0.05) is 87.4 Å². The number of benzene rings is 1. The third kappa shape index (κ3) is 15.3. The maximum atomic E-state index is 2.24. The Morgan fingerprint density at radius 1 is 0.700 bits per heavy atom. The lowest BCUT2D eigenvalue weighted by atomic mass is 9.95. The highest BCUT2D eigenvalue weighted by Gasteiger charge is 2.03. The Morgan fingerprint density at radius 3 is 1.30 bits per heavy atom. The van der Waals surface area contributed by atoms with Crippen molar-refractivity contribution in [3.63, 3.8) is 0 Å². The van der Waals surface area contributed by atoms with Crippen LogP contribution in [-0.2, 0) is 0 Å². The lowest BCUT2D eigenvalue weighted by Gasteiger charge is -2.10. The van der Waals surface area contributed by atoms with Crippen molar-refractivity contribution in [2.24, 2.45) is 0 Å². The van der Waals surface area contributed by atoms with Crippen molar-refractivity contribution in [1.29, 1.82) is 0 Å². The fourth-order valence-corrected chi connectivity index (χ4v) is 1.40. The van der Waals surface area contributed by atoms with Gasteiger partial charge in [-0.2, -0.15) is 0 Å². The van der Waals surface area contributed by atoms with Gasteiger partial charge in [0.15, 0.2) is 0 Å². The van der Waals surface area contributed by atoms with Crippen molar-refractivity contribution in [3.05, 3.63) is 34.9 Å². The molecule has 0 aliphatic carbocycles. The molecule has 1 aromatic rings. The summed E-state index contributed by atoms with van der Waals surface area (Å²) in [4.78, 5) is 0. The summed E-state index contributed by atoms with van der Waals surface area (Å²) in [6.07, 6.45) is 0. The molecule has 119 valence electrons. The summed E-state index contributed by atoms with van der Waals surface area (Å²) >= 11 is 0. The molecular weight excluding hydrogens is 239 g/mol. The van der Waals surface area contributed by atoms with Crippen molar-refractivity contribution >= 4 is 8.41 Å². The molecule has 0 fully saturated rings. The van der Waals surface area contributed by atoms with Gasteiger partial charge in [0.1, 0.15) is 0 Å². The summed E-state index contributed by atoms with van der Waals surface area (Å²) < 4.78 is 0. The van der Waals surface area contributed by atoms with E-state index in [4.69, 9.17) is 0 Å². The molecule has 0 saturated heterocycles. The van der Waals surface area contributed by atoms with Gasteiger partial charge in [0.05, 0.1) is 0 Å². The number of rotatable bonds is 1. The van der Waals surface area contributed by atoms with Crippen LogP contribution in [0.3, 0.4) is 0 Å². The zero-order valence-corrected chi connectivity index (χ0v) is 16.4. The zero-order valence-electron chi connectivity index (χ0n) is 16.4. The summed E-state index contributed by atoms with van der Waals surface area (Å²) in [5, 5.41) is 0. The van der Waals surface area contributed by atoms with E-state index in [0.29, 0.717) is 5.92 Å². The highest BCUT2D eigenvalue weighted by molar-refractivity contribution is 5.75. The second-order valence-electron chi connectivity index (χ2n) is 3.44. The fourth-order valence-electron chi connectivity index (χ4n) is 1.40. The lowest BCUT2D eigenvalue weighted by molar-refractivity contribution is 0.854. The third-order valence-electron chi connectivity index (χ3n) is 2.27. The van der Waals surface area contributed by atoms with E-state index in [0.717, 1.165) is 0 Å². The van der Waals surface area contributed by atoms with Crippen LogP contribution in [0.2, 0.25) is 0 Å². The first-order valence-corrected chi connectivity index (χ1v) is 8.19. The van der Waals surface area contributed by atoms with E-state index in [1.165, 1.54) is 16.7 Å². The molecular formula is C19H40B. The fraction of sp³-hybridized carbons (Fsp3) is 0.684. The SMILES string of the molecule is CC.CC.CC.CC.Cc1cccc(C(C)C)c1C.[B]. The van der Waals surface area contributed by atoms with Crippen LogP contribution in [0.15, 0.2) is 18.2 Å². The first-order valence-electron chi connectivity index (χ1n) is 8.19. The van der Waals surface area contributed by atoms with E-state index < -0.39 is 0 Å². The summed E-state index contributed by atoms with van der Waals surface area (Å²) in [5.41, 5.74) is 4.32. The number of hydrogen-bond donors (Lipinski definition) is 0. The summed E-state index contributed by atoms with van der Waals surface area (Å²) in [6.45, 7) is 24.8. The predicted molar refractivity (Wildman–Crippen MR) is 101 cm³/mol. The normalized spacial score (nSPS) is 7.05. The Balaban J connectivity index is -0.0000000722. The topological polar surface area (TPSA) is 0 Å². The second-order valence-corrected chi connectivity index (χ2v) is 3.44. The molecule has 1 rings (SSSR count). The largest absolute Gasteiger partial charge is 0.0683 e. The smallest absolute Gasteiger partial charge is 0 e. The van der Waals surface area contributed by atoms with Crippen LogP contribution in [0.1, 0.15) is 91.8 Å². The minimum absolute atomic E-state index is 0. The summed E-state index contributed by atoms with van der Waals surface area (Å²) in [7, 11) is 0. The molecule has 0 nitrogen and oxygen atoms in total. The molecule has 20 heavy (non-hydrogen) atoms. The lowest BCUT2D eigenvalue weighted by Crippen LogP contribution is -1.93. The van der Waals surface area contributed by atoms with Gasteiger partial charge in [-0.3, -0.25) is 0 Å². The zero-order chi connectivity index (χ0) is 16.4. The Morgan fingerprint density at radius 2 is 1.05 bits per heavy atom. The van der Waals surface area contributed by atoms with Gasteiger partial charge in [-0.25, -0.2) is 0 Å². The van der Waals surface area contributed by atoms with Gasteiger partial charge < -0.3 is 0 Å². The standard InChI is InChI=1S/C11H16.4C2H6.B/c1-8(2)11-7-5-6-9(3)10(11)4;4*1-2;/h5-8H,1-4H3;4*1-2H3;. The van der Waals surface area contributed by atoms with Crippen LogP contribution in [0.4, 0.5) is 0 Å². The van der Waals surface area contributed by atoms with Crippen molar-refractivity contribution in [2.45, 2.75) is 89.0 Å². The molecule has 1 heteroatoms. The maximum Gasteiger partial charge on any atom is 0 e. The van der Waals surface area contributed by atoms with Gasteiger partial charge >= 0.3 is 0 Å². The molecule has 0 N–H and O–H groups in total. The first kappa shape index (κ1) is 31.6. The average molecular weight is 279 g/mol. The van der Waals surface area contributed by atoms with Crippen LogP contribution < -0.4 is 0 Å². The molecule has 0 aliphatic rings. The van der Waals surface area contributed by atoms with Gasteiger partial charge in [0.25, 0.3) is 0 Å². The number of hydrogen-bond acceptors (Lipinski definition) is 0. The van der Waals surface area contributed by atoms with Gasteiger partial charge in [-0.15, -0.1) is 0 Å². The van der Waals surface area contributed by atoms with Crippen LogP contribution >= 0.6 is 0 Å². The molecule has 0 bridgehead atoms. The van der Waals surface area contributed by atoms with E-state index in [9.17, 15) is 0 Å². The summed E-state index contributed by atoms with van der Waals surface area (Å²) in [6, 6.07) is 6.52. The van der Waals surface area contributed by atoms with Gasteiger partial charge in [0, 0.05) is 8.41 Å². The Kier molecular flexibility index (Phi) is 42.3. The number of aryl methyl sites for hydroxylation is 1. The Hall–Kier alpha value is -0.715. The Bertz CT molecular complexity index is 252. The van der Waals surface area contributed by atoms with E-state index in [1.54, 1.807) is 0 Å². The van der Waals surface area contributed by atoms with Crippen molar-refractivity contribution in [3.8, 4) is 0 Å². The first-order chi connectivity index (χ1) is 9.13. The van der Waals surface area contributed by atoms with Crippen molar-refractivity contribution in [1.82, 2.24) is 0 Å². The molecule has 0 atom stereocenters. The monoisotopic (exact) mass is 279 g/mol. The highest BCUT2D eigenvalue weighted by atomic mass is 14.1. The van der Waals surface area contributed by atoms with Crippen LogP contribution in [0.25, 0.3) is 0 Å². The predicted octanol–water partition coefficient (Wildman–Crippen LogP) is 7.15. The van der Waals surface area contributed by atoms with Gasteiger partial charge in [-0.05, 0) is 36.5 Å². The second kappa shape index (κ2) is 26.8.